The number of benzene rings is 1. The Morgan fingerprint density at radius 1 is 1.35 bits per heavy atom. The van der Waals surface area contributed by atoms with E-state index in [2.05, 4.69) is 28.2 Å². The summed E-state index contributed by atoms with van der Waals surface area (Å²) in [5, 5.41) is 2.53. The van der Waals surface area contributed by atoms with Crippen LogP contribution >= 0.6 is 15.9 Å². The van der Waals surface area contributed by atoms with Crippen molar-refractivity contribution in [2.75, 3.05) is 0 Å². The summed E-state index contributed by atoms with van der Waals surface area (Å²) in [7, 11) is 0. The first-order valence-electron chi connectivity index (χ1n) is 7.16. The Morgan fingerprint density at radius 3 is 2.70 bits per heavy atom. The maximum Gasteiger partial charge on any atom is 0.234 e. The topological polar surface area (TPSA) is 46.2 Å². The van der Waals surface area contributed by atoms with E-state index in [1.54, 1.807) is 0 Å². The average Bonchev–Trinajstić information content (AvgIpc) is 3.22. The highest BCUT2D eigenvalue weighted by molar-refractivity contribution is 9.10. The lowest BCUT2D eigenvalue weighted by molar-refractivity contribution is -0.141. The molecule has 1 N–H and O–H groups in total. The molecule has 1 saturated heterocycles. The van der Waals surface area contributed by atoms with Gasteiger partial charge in [0.25, 0.3) is 0 Å². The fraction of sp³-hybridized carbons (Fsp3) is 0.500. The Hall–Kier alpha value is -1.16. The Labute approximate surface area is 127 Å². The highest BCUT2D eigenvalue weighted by atomic mass is 79.9. The van der Waals surface area contributed by atoms with Gasteiger partial charge in [-0.2, -0.15) is 0 Å². The number of halogens is 1. The van der Waals surface area contributed by atoms with Crippen molar-refractivity contribution in [3.8, 4) is 0 Å². The van der Waals surface area contributed by atoms with Gasteiger partial charge in [0.05, 0.1) is 5.92 Å². The molecule has 3 nitrogen and oxygen atoms in total. The first-order chi connectivity index (χ1) is 9.56. The molecule has 1 aliphatic heterocycles. The van der Waals surface area contributed by atoms with Crippen molar-refractivity contribution in [3.63, 3.8) is 0 Å². The third-order valence-electron chi connectivity index (χ3n) is 4.82. The van der Waals surface area contributed by atoms with Crippen LogP contribution in [0.5, 0.6) is 0 Å². The van der Waals surface area contributed by atoms with Gasteiger partial charge >= 0.3 is 0 Å². The van der Waals surface area contributed by atoms with Gasteiger partial charge in [0.1, 0.15) is 0 Å². The molecule has 20 heavy (non-hydrogen) atoms. The lowest BCUT2D eigenvalue weighted by Crippen LogP contribution is -2.51. The molecule has 2 aliphatic rings. The van der Waals surface area contributed by atoms with Gasteiger partial charge in [0.2, 0.25) is 11.8 Å². The number of nitrogens with one attached hydrogen (secondary N) is 1. The normalized spacial score (nSPS) is 30.2. The van der Waals surface area contributed by atoms with Crippen LogP contribution in [0.4, 0.5) is 0 Å². The summed E-state index contributed by atoms with van der Waals surface area (Å²) in [4.78, 5) is 24.4. The first-order valence-corrected chi connectivity index (χ1v) is 7.95. The van der Waals surface area contributed by atoms with Crippen LogP contribution < -0.4 is 5.32 Å². The van der Waals surface area contributed by atoms with Gasteiger partial charge < -0.3 is 0 Å². The molecular formula is C16H18BrNO2. The quantitative estimate of drug-likeness (QED) is 0.860. The molecule has 0 radical (unpaired) electrons. The molecule has 0 spiro atoms. The minimum atomic E-state index is -0.213. The summed E-state index contributed by atoms with van der Waals surface area (Å²) in [6.07, 6.45) is 3.61. The highest BCUT2D eigenvalue weighted by Crippen LogP contribution is 2.58. The zero-order valence-corrected chi connectivity index (χ0v) is 13.1. The molecule has 1 saturated carbocycles. The molecule has 2 amide bonds. The highest BCUT2D eigenvalue weighted by Gasteiger charge is 2.55. The Balaban J connectivity index is 2.08. The lowest BCUT2D eigenvalue weighted by atomic mass is 9.62. The summed E-state index contributed by atoms with van der Waals surface area (Å²) in [6, 6.07) is 7.92. The monoisotopic (exact) mass is 335 g/mol. The molecule has 2 atom stereocenters. The van der Waals surface area contributed by atoms with Crippen LogP contribution in [0, 0.1) is 11.3 Å². The second kappa shape index (κ2) is 4.99. The van der Waals surface area contributed by atoms with Crippen molar-refractivity contribution in [1.29, 1.82) is 0 Å². The summed E-state index contributed by atoms with van der Waals surface area (Å²) in [6.45, 7) is 2.11. The van der Waals surface area contributed by atoms with E-state index >= 15 is 0 Å². The average molecular weight is 336 g/mol. The van der Waals surface area contributed by atoms with Gasteiger partial charge in [-0.25, -0.2) is 0 Å². The molecule has 3 rings (SSSR count). The maximum atomic E-state index is 12.5. The number of imide groups is 1. The van der Waals surface area contributed by atoms with Crippen molar-refractivity contribution in [2.45, 2.75) is 38.5 Å². The zero-order chi connectivity index (χ0) is 14.3. The van der Waals surface area contributed by atoms with E-state index in [1.165, 1.54) is 0 Å². The van der Waals surface area contributed by atoms with Crippen molar-refractivity contribution in [2.24, 2.45) is 11.3 Å². The maximum absolute atomic E-state index is 12.5. The molecule has 0 bridgehead atoms. The van der Waals surface area contributed by atoms with E-state index < -0.39 is 0 Å². The number of hydrogen-bond acceptors (Lipinski definition) is 2. The summed E-state index contributed by atoms with van der Waals surface area (Å²) in [5.41, 5.74) is 0.818. The molecular weight excluding hydrogens is 318 g/mol. The fourth-order valence-electron chi connectivity index (χ4n) is 3.74. The number of rotatable bonds is 3. The Kier molecular flexibility index (Phi) is 3.44. The second-order valence-electron chi connectivity index (χ2n) is 5.94. The predicted octanol–water partition coefficient (Wildman–Crippen LogP) is 3.39. The standard InChI is InChI=1S/C16H18BrNO2/c1-2-16(11-6-7-11)9-13(19)18-15(20)14(16)10-4-3-5-12(17)8-10/h3-5,8,11,14H,2,6-7,9H2,1H3,(H,18,19,20). The SMILES string of the molecule is CCC1(C2CC2)CC(=O)NC(=O)C1c1cccc(Br)c1. The second-order valence-corrected chi connectivity index (χ2v) is 6.85. The van der Waals surface area contributed by atoms with E-state index in [-0.39, 0.29) is 23.1 Å². The van der Waals surface area contributed by atoms with Gasteiger partial charge in [-0.1, -0.05) is 35.0 Å². The molecule has 106 valence electrons. The number of piperidine rings is 1. The van der Waals surface area contributed by atoms with Gasteiger partial charge in [-0.3, -0.25) is 14.9 Å². The summed E-state index contributed by atoms with van der Waals surface area (Å²) in [5.74, 6) is 0.0461. The van der Waals surface area contributed by atoms with E-state index in [1.807, 2.05) is 24.3 Å². The van der Waals surface area contributed by atoms with Crippen LogP contribution in [0.1, 0.15) is 44.1 Å². The smallest absolute Gasteiger partial charge is 0.234 e. The predicted molar refractivity (Wildman–Crippen MR) is 80.1 cm³/mol. The molecule has 0 aromatic heterocycles. The van der Waals surface area contributed by atoms with Gasteiger partial charge in [0, 0.05) is 10.9 Å². The lowest BCUT2D eigenvalue weighted by Gasteiger charge is -2.43. The van der Waals surface area contributed by atoms with Crippen LogP contribution in [0.25, 0.3) is 0 Å². The molecule has 1 aromatic rings. The summed E-state index contributed by atoms with van der Waals surface area (Å²) < 4.78 is 0.973. The molecule has 4 heteroatoms. The number of carbonyl (C=O) groups is 2. The number of carbonyl (C=O) groups excluding carboxylic acids is 2. The van der Waals surface area contributed by atoms with Crippen molar-refractivity contribution in [3.05, 3.63) is 34.3 Å². The van der Waals surface area contributed by atoms with Crippen LogP contribution in [-0.2, 0) is 9.59 Å². The van der Waals surface area contributed by atoms with E-state index in [0.717, 1.165) is 29.3 Å². The first kappa shape index (κ1) is 13.8. The minimum absolute atomic E-state index is 0.116. The number of hydrogen-bond donors (Lipinski definition) is 1. The van der Waals surface area contributed by atoms with Crippen molar-refractivity contribution >= 4 is 27.7 Å². The van der Waals surface area contributed by atoms with Gasteiger partial charge in [0.15, 0.2) is 0 Å². The Bertz CT molecular complexity index is 567. The van der Waals surface area contributed by atoms with E-state index in [0.29, 0.717) is 12.3 Å². The molecule has 1 aromatic carbocycles. The van der Waals surface area contributed by atoms with Crippen LogP contribution in [0.2, 0.25) is 0 Å². The Morgan fingerprint density at radius 2 is 2.10 bits per heavy atom. The minimum Gasteiger partial charge on any atom is -0.296 e. The zero-order valence-electron chi connectivity index (χ0n) is 11.5. The van der Waals surface area contributed by atoms with Crippen molar-refractivity contribution < 1.29 is 9.59 Å². The van der Waals surface area contributed by atoms with Gasteiger partial charge in [-0.05, 0) is 48.3 Å². The fourth-order valence-corrected chi connectivity index (χ4v) is 4.16. The van der Waals surface area contributed by atoms with Crippen LogP contribution in [-0.4, -0.2) is 11.8 Å². The van der Waals surface area contributed by atoms with E-state index in [9.17, 15) is 9.59 Å². The van der Waals surface area contributed by atoms with Crippen molar-refractivity contribution in [1.82, 2.24) is 5.32 Å². The van der Waals surface area contributed by atoms with Crippen LogP contribution in [0.15, 0.2) is 28.7 Å². The third-order valence-corrected chi connectivity index (χ3v) is 5.31. The van der Waals surface area contributed by atoms with E-state index in [4.69, 9.17) is 0 Å². The molecule has 2 fully saturated rings. The number of amides is 2. The molecule has 2 unspecified atom stereocenters. The third kappa shape index (κ3) is 2.20. The molecule has 1 heterocycles. The molecule has 1 aliphatic carbocycles. The largest absolute Gasteiger partial charge is 0.296 e. The van der Waals surface area contributed by atoms with Crippen LogP contribution in [0.3, 0.4) is 0 Å². The summed E-state index contributed by atoms with van der Waals surface area (Å²) >= 11 is 3.47. The van der Waals surface area contributed by atoms with Gasteiger partial charge in [-0.15, -0.1) is 0 Å².